The van der Waals surface area contributed by atoms with Crippen LogP contribution in [0.15, 0.2) is 12.1 Å². The number of fused-ring (bicyclic) bond motifs is 3. The number of aliphatic hydroxyl groups excluding tert-OH is 1. The summed E-state index contributed by atoms with van der Waals surface area (Å²) in [6, 6.07) is 4.37. The van der Waals surface area contributed by atoms with Crippen LogP contribution in [0.2, 0.25) is 0 Å². The summed E-state index contributed by atoms with van der Waals surface area (Å²) in [6.07, 6.45) is 5.01. The third kappa shape index (κ3) is 4.74. The van der Waals surface area contributed by atoms with E-state index in [0.717, 1.165) is 92.7 Å². The van der Waals surface area contributed by atoms with Gasteiger partial charge in [-0.2, -0.15) is 0 Å². The van der Waals surface area contributed by atoms with E-state index in [-0.39, 0.29) is 36.3 Å². The fraction of sp³-hybridized carbons (Fsp3) is 0.704. The number of benzene rings is 1. The summed E-state index contributed by atoms with van der Waals surface area (Å²) in [5, 5.41) is 19.4. The Balaban J connectivity index is 1.56. The van der Waals surface area contributed by atoms with Crippen molar-refractivity contribution in [3.63, 3.8) is 0 Å². The lowest BCUT2D eigenvalue weighted by Gasteiger charge is -2.34. The molecule has 2 aromatic rings. The molecule has 1 unspecified atom stereocenters. The highest BCUT2D eigenvalue weighted by molar-refractivity contribution is 5.95. The summed E-state index contributed by atoms with van der Waals surface area (Å²) in [6.45, 7) is 5.56. The number of rotatable bonds is 5. The van der Waals surface area contributed by atoms with Gasteiger partial charge in [-0.1, -0.05) is 0 Å². The van der Waals surface area contributed by atoms with Gasteiger partial charge in [-0.15, -0.1) is 0 Å². The highest BCUT2D eigenvalue weighted by atomic mass is 16.5. The Morgan fingerprint density at radius 2 is 1.83 bits per heavy atom. The van der Waals surface area contributed by atoms with E-state index in [4.69, 9.17) is 19.2 Å². The van der Waals surface area contributed by atoms with E-state index >= 15 is 0 Å². The lowest BCUT2D eigenvalue weighted by Crippen LogP contribution is -2.42. The Bertz CT molecular complexity index is 1070. The molecule has 1 aromatic carbocycles. The SMILES string of the molecule is COC(=O)N1c2ccc3c(nc(C(C)OC4CCOCC4)n3C3CCC(C(O)O)CC3)c2CC[C@@H]1C. The van der Waals surface area contributed by atoms with Crippen molar-refractivity contribution in [1.82, 2.24) is 9.55 Å². The quantitative estimate of drug-likeness (QED) is 0.590. The Hall–Kier alpha value is -2.20. The zero-order chi connectivity index (χ0) is 25.4. The first-order valence-corrected chi connectivity index (χ1v) is 13.4. The second kappa shape index (κ2) is 10.7. The summed E-state index contributed by atoms with van der Waals surface area (Å²) in [4.78, 5) is 19.6. The molecule has 2 aliphatic heterocycles. The number of carbonyl (C=O) groups excluding carboxylic acids is 1. The molecule has 3 heterocycles. The van der Waals surface area contributed by atoms with E-state index in [1.165, 1.54) is 7.11 Å². The van der Waals surface area contributed by atoms with Crippen LogP contribution < -0.4 is 4.90 Å². The molecule has 0 spiro atoms. The number of aryl methyl sites for hydroxylation is 1. The number of anilines is 1. The van der Waals surface area contributed by atoms with Crippen LogP contribution in [0, 0.1) is 5.92 Å². The van der Waals surface area contributed by atoms with Crippen molar-refractivity contribution >= 4 is 22.8 Å². The van der Waals surface area contributed by atoms with Crippen LogP contribution >= 0.6 is 0 Å². The number of hydrogen-bond donors (Lipinski definition) is 2. The number of nitrogens with zero attached hydrogens (tertiary/aromatic N) is 3. The summed E-state index contributed by atoms with van der Waals surface area (Å²) in [7, 11) is 1.42. The topological polar surface area (TPSA) is 106 Å². The molecule has 2 N–H and O–H groups in total. The van der Waals surface area contributed by atoms with Crippen molar-refractivity contribution in [3.05, 3.63) is 23.5 Å². The molecule has 1 amide bonds. The summed E-state index contributed by atoms with van der Waals surface area (Å²) >= 11 is 0. The maximum atomic E-state index is 12.6. The summed E-state index contributed by atoms with van der Waals surface area (Å²) in [5.41, 5.74) is 3.93. The van der Waals surface area contributed by atoms with E-state index in [1.807, 2.05) is 13.0 Å². The molecule has 2 atom stereocenters. The summed E-state index contributed by atoms with van der Waals surface area (Å²) in [5.74, 6) is 0.819. The number of ether oxygens (including phenoxy) is 3. The minimum Gasteiger partial charge on any atom is -0.452 e. The lowest BCUT2D eigenvalue weighted by atomic mass is 9.85. The predicted octanol–water partition coefficient (Wildman–Crippen LogP) is 4.24. The van der Waals surface area contributed by atoms with Crippen molar-refractivity contribution in [1.29, 1.82) is 0 Å². The van der Waals surface area contributed by atoms with Gasteiger partial charge in [0.15, 0.2) is 6.29 Å². The maximum absolute atomic E-state index is 12.6. The molecule has 5 rings (SSSR count). The normalized spacial score (nSPS) is 26.3. The molecule has 1 aliphatic carbocycles. The molecule has 2 fully saturated rings. The van der Waals surface area contributed by atoms with Crippen molar-refractivity contribution < 1.29 is 29.2 Å². The van der Waals surface area contributed by atoms with E-state index in [2.05, 4.69) is 17.6 Å². The van der Waals surface area contributed by atoms with Crippen LogP contribution in [0.1, 0.15) is 82.3 Å². The monoisotopic (exact) mass is 501 g/mol. The van der Waals surface area contributed by atoms with Gasteiger partial charge in [0, 0.05) is 36.8 Å². The zero-order valence-electron chi connectivity index (χ0n) is 21.6. The van der Waals surface area contributed by atoms with Gasteiger partial charge in [-0.25, -0.2) is 9.78 Å². The maximum Gasteiger partial charge on any atom is 0.414 e. The van der Waals surface area contributed by atoms with Gasteiger partial charge in [0.25, 0.3) is 0 Å². The first kappa shape index (κ1) is 25.4. The average molecular weight is 502 g/mol. The number of hydrogen-bond acceptors (Lipinski definition) is 7. The van der Waals surface area contributed by atoms with Crippen LogP contribution in [-0.4, -0.2) is 64.6 Å². The molecule has 9 nitrogen and oxygen atoms in total. The zero-order valence-corrected chi connectivity index (χ0v) is 21.6. The fourth-order valence-electron chi connectivity index (χ4n) is 6.28. The van der Waals surface area contributed by atoms with Crippen LogP contribution in [-0.2, 0) is 20.6 Å². The molecule has 9 heteroatoms. The Morgan fingerprint density at radius 1 is 1.11 bits per heavy atom. The standard InChI is InChI=1S/C27H39N3O6/c1-16-4-9-21-22(29(16)27(33)34-3)10-11-23-24(21)28-25(17(2)36-20-12-14-35-15-13-20)30(23)19-7-5-18(6-8-19)26(31)32/h10-11,16-20,26,31-32H,4-9,12-15H2,1-3H3/t16-,17?,18?,19?/m0/s1. The number of aliphatic hydroxyl groups is 2. The molecular weight excluding hydrogens is 462 g/mol. The third-order valence-electron chi connectivity index (χ3n) is 8.31. The molecule has 0 radical (unpaired) electrons. The lowest BCUT2D eigenvalue weighted by molar-refractivity contribution is -0.0957. The van der Waals surface area contributed by atoms with E-state index in [9.17, 15) is 15.0 Å². The van der Waals surface area contributed by atoms with Gasteiger partial charge in [0.1, 0.15) is 11.9 Å². The minimum atomic E-state index is -1.26. The largest absolute Gasteiger partial charge is 0.452 e. The Labute approximate surface area is 212 Å². The van der Waals surface area contributed by atoms with Crippen molar-refractivity contribution in [3.8, 4) is 0 Å². The second-order valence-electron chi connectivity index (χ2n) is 10.6. The average Bonchev–Trinajstić information content (AvgIpc) is 3.29. The van der Waals surface area contributed by atoms with Gasteiger partial charge >= 0.3 is 6.09 Å². The molecule has 0 bridgehead atoms. The first-order chi connectivity index (χ1) is 17.4. The van der Waals surface area contributed by atoms with Crippen molar-refractivity contribution in [2.45, 2.75) is 95.8 Å². The Kier molecular flexibility index (Phi) is 7.53. The van der Waals surface area contributed by atoms with Crippen LogP contribution in [0.5, 0.6) is 0 Å². The second-order valence-corrected chi connectivity index (χ2v) is 10.6. The van der Waals surface area contributed by atoms with Crippen LogP contribution in [0.4, 0.5) is 10.5 Å². The Morgan fingerprint density at radius 3 is 2.50 bits per heavy atom. The van der Waals surface area contributed by atoms with Crippen LogP contribution in [0.25, 0.3) is 11.0 Å². The molecule has 198 valence electrons. The number of aromatic nitrogens is 2. The summed E-state index contributed by atoms with van der Waals surface area (Å²) < 4.78 is 19.4. The molecule has 36 heavy (non-hydrogen) atoms. The van der Waals surface area contributed by atoms with Crippen molar-refractivity contribution in [2.24, 2.45) is 5.92 Å². The molecular formula is C27H39N3O6. The van der Waals surface area contributed by atoms with Crippen LogP contribution in [0.3, 0.4) is 0 Å². The van der Waals surface area contributed by atoms with Gasteiger partial charge in [0.2, 0.25) is 0 Å². The first-order valence-electron chi connectivity index (χ1n) is 13.4. The van der Waals surface area contributed by atoms with Gasteiger partial charge in [-0.3, -0.25) is 4.90 Å². The van der Waals surface area contributed by atoms with E-state index < -0.39 is 6.29 Å². The smallest absolute Gasteiger partial charge is 0.414 e. The van der Waals surface area contributed by atoms with Gasteiger partial charge in [-0.05, 0) is 77.3 Å². The number of imidazole rings is 1. The molecule has 1 saturated carbocycles. The van der Waals surface area contributed by atoms with Gasteiger partial charge in [0.05, 0.1) is 29.9 Å². The number of methoxy groups -OCH3 is 1. The number of amides is 1. The highest BCUT2D eigenvalue weighted by Crippen LogP contribution is 2.42. The minimum absolute atomic E-state index is 0.0555. The molecule has 1 aromatic heterocycles. The third-order valence-corrected chi connectivity index (χ3v) is 8.31. The van der Waals surface area contributed by atoms with E-state index in [1.54, 1.807) is 4.90 Å². The predicted molar refractivity (Wildman–Crippen MR) is 135 cm³/mol. The van der Waals surface area contributed by atoms with E-state index in [0.29, 0.717) is 0 Å². The highest BCUT2D eigenvalue weighted by Gasteiger charge is 2.34. The van der Waals surface area contributed by atoms with Crippen molar-refractivity contribution in [2.75, 3.05) is 25.2 Å². The fourth-order valence-corrected chi connectivity index (χ4v) is 6.28. The molecule has 3 aliphatic rings. The van der Waals surface area contributed by atoms with Gasteiger partial charge < -0.3 is 29.0 Å². The number of carbonyl (C=O) groups is 1. The molecule has 1 saturated heterocycles.